The highest BCUT2D eigenvalue weighted by atomic mass is 32.2. The number of fused-ring (bicyclic) bond motifs is 1. The molecule has 0 saturated carbocycles. The van der Waals surface area contributed by atoms with Crippen molar-refractivity contribution in [1.82, 2.24) is 4.90 Å². The smallest absolute Gasteiger partial charge is 0.294 e. The summed E-state index contributed by atoms with van der Waals surface area (Å²) in [5, 5.41) is 11.1. The number of likely N-dealkylation sites (N-methyl/N-ethyl adjacent to an activating group) is 1. The average Bonchev–Trinajstić information content (AvgIpc) is 2.97. The molecule has 35 heavy (non-hydrogen) atoms. The van der Waals surface area contributed by atoms with Gasteiger partial charge >= 0.3 is 0 Å². The van der Waals surface area contributed by atoms with E-state index >= 15 is 0 Å². The Bertz CT molecular complexity index is 1180. The van der Waals surface area contributed by atoms with Gasteiger partial charge in [0.05, 0.1) is 30.6 Å². The molecular weight excluding hydrogens is 464 g/mol. The maximum atomic E-state index is 13.4. The van der Waals surface area contributed by atoms with E-state index in [9.17, 15) is 9.90 Å². The van der Waals surface area contributed by atoms with Crippen molar-refractivity contribution in [3.63, 3.8) is 0 Å². The molecule has 0 bridgehead atoms. The number of ether oxygens (including phenoxy) is 3. The maximum absolute atomic E-state index is 13.4. The molecule has 2 aromatic rings. The molecule has 4 rings (SSSR count). The summed E-state index contributed by atoms with van der Waals surface area (Å²) in [6.45, 7) is 1.10. The highest BCUT2D eigenvalue weighted by molar-refractivity contribution is 8.03. The molecule has 1 aliphatic heterocycles. The van der Waals surface area contributed by atoms with Crippen LogP contribution in [-0.2, 0) is 9.53 Å². The van der Waals surface area contributed by atoms with Crippen molar-refractivity contribution in [3.05, 3.63) is 76.6 Å². The lowest BCUT2D eigenvalue weighted by atomic mass is 10.0. The lowest BCUT2D eigenvalue weighted by Crippen LogP contribution is -2.37. The van der Waals surface area contributed by atoms with Gasteiger partial charge in [0.2, 0.25) is 0 Å². The number of aliphatic hydroxyl groups is 1. The van der Waals surface area contributed by atoms with Gasteiger partial charge in [-0.05, 0) is 74.6 Å². The number of nitrogens with zero attached hydrogens (tertiary/aromatic N) is 2. The van der Waals surface area contributed by atoms with Crippen LogP contribution in [0.2, 0.25) is 0 Å². The quantitative estimate of drug-likeness (QED) is 0.519. The third-order valence-electron chi connectivity index (χ3n) is 5.83. The molecule has 1 aliphatic carbocycles. The molecule has 0 unspecified atom stereocenters. The van der Waals surface area contributed by atoms with E-state index < -0.39 is 5.91 Å². The highest BCUT2D eigenvalue weighted by Crippen LogP contribution is 2.46. The summed E-state index contributed by atoms with van der Waals surface area (Å²) in [7, 11) is 7.18. The molecule has 8 heteroatoms. The molecule has 1 N–H and O–H groups in total. The zero-order chi connectivity index (χ0) is 24.9. The number of carbonyl (C=O) groups excluding carboxylic acids is 1. The fourth-order valence-corrected chi connectivity index (χ4v) is 5.02. The third kappa shape index (κ3) is 5.66. The molecule has 0 fully saturated rings. The fraction of sp³-hybridized carbons (Fsp3) is 0.296. The minimum atomic E-state index is -0.403. The van der Waals surface area contributed by atoms with Crippen molar-refractivity contribution < 1.29 is 24.1 Å². The van der Waals surface area contributed by atoms with Crippen LogP contribution in [0.3, 0.4) is 0 Å². The monoisotopic (exact) mass is 494 g/mol. The second kappa shape index (κ2) is 10.9. The van der Waals surface area contributed by atoms with E-state index in [0.717, 1.165) is 27.7 Å². The summed E-state index contributed by atoms with van der Waals surface area (Å²) in [5.41, 5.74) is 1.65. The Balaban J connectivity index is 1.71. The standard InChI is InChI=1S/C27H30N2O5S/c1-28(2)15-16-29-23-14-13-22(34-21-11-9-20(33-4)10-12-21)17-24(23)35-26(25(30)27(29)31)18-5-7-19(32-3)8-6-18/h5,7,9-14,17,30H,6,8,15-16H2,1-4H3. The minimum Gasteiger partial charge on any atom is -0.502 e. The number of allylic oxidation sites excluding steroid dienone is 4. The Morgan fingerprint density at radius 2 is 1.69 bits per heavy atom. The summed E-state index contributed by atoms with van der Waals surface area (Å²) in [6, 6.07) is 13.0. The maximum Gasteiger partial charge on any atom is 0.294 e. The largest absolute Gasteiger partial charge is 0.502 e. The molecule has 1 heterocycles. The normalized spacial score (nSPS) is 15.9. The molecule has 0 saturated heterocycles. The topological polar surface area (TPSA) is 71.5 Å². The Morgan fingerprint density at radius 1 is 0.971 bits per heavy atom. The Labute approximate surface area is 210 Å². The summed E-state index contributed by atoms with van der Waals surface area (Å²) in [5.74, 6) is 2.31. The second-order valence-electron chi connectivity index (χ2n) is 8.48. The number of anilines is 1. The van der Waals surface area contributed by atoms with E-state index in [2.05, 4.69) is 0 Å². The molecule has 1 amide bonds. The predicted molar refractivity (Wildman–Crippen MR) is 138 cm³/mol. The van der Waals surface area contributed by atoms with Crippen LogP contribution in [0.25, 0.3) is 0 Å². The average molecular weight is 495 g/mol. The number of aliphatic hydroxyl groups excluding tert-OH is 1. The molecule has 2 aromatic carbocycles. The number of amides is 1. The second-order valence-corrected chi connectivity index (χ2v) is 9.53. The number of thioether (sulfide) groups is 1. The summed E-state index contributed by atoms with van der Waals surface area (Å²) in [4.78, 5) is 18.5. The van der Waals surface area contributed by atoms with Gasteiger partial charge < -0.3 is 29.1 Å². The molecule has 184 valence electrons. The Morgan fingerprint density at radius 3 is 2.31 bits per heavy atom. The molecule has 0 aromatic heterocycles. The van der Waals surface area contributed by atoms with Gasteiger partial charge in [-0.3, -0.25) is 4.79 Å². The van der Waals surface area contributed by atoms with E-state index in [0.29, 0.717) is 42.3 Å². The predicted octanol–water partition coefficient (Wildman–Crippen LogP) is 5.51. The van der Waals surface area contributed by atoms with Gasteiger partial charge in [0.1, 0.15) is 17.2 Å². The first kappa shape index (κ1) is 24.8. The molecular formula is C27H30N2O5S. The van der Waals surface area contributed by atoms with Gasteiger partial charge in [-0.25, -0.2) is 0 Å². The summed E-state index contributed by atoms with van der Waals surface area (Å²) in [6.07, 6.45) is 5.20. The van der Waals surface area contributed by atoms with E-state index in [4.69, 9.17) is 14.2 Å². The van der Waals surface area contributed by atoms with Crippen LogP contribution in [0.1, 0.15) is 12.8 Å². The van der Waals surface area contributed by atoms with Crippen LogP contribution < -0.4 is 14.4 Å². The van der Waals surface area contributed by atoms with Gasteiger partial charge in [-0.15, -0.1) is 0 Å². The Hall–Kier alpha value is -3.36. The highest BCUT2D eigenvalue weighted by Gasteiger charge is 2.31. The van der Waals surface area contributed by atoms with E-state index in [-0.39, 0.29) is 5.76 Å². The van der Waals surface area contributed by atoms with Gasteiger partial charge in [0.25, 0.3) is 5.91 Å². The number of hydrogen-bond donors (Lipinski definition) is 1. The lowest BCUT2D eigenvalue weighted by Gasteiger charge is -2.24. The fourth-order valence-electron chi connectivity index (χ4n) is 3.85. The van der Waals surface area contributed by atoms with Crippen LogP contribution in [0.4, 0.5) is 5.69 Å². The SMILES string of the molecule is COC1=CC=C(C2=C(O)C(=O)N(CCN(C)C)c3ccc(Oc4ccc(OC)cc4)cc3S2)CC1. The van der Waals surface area contributed by atoms with Crippen LogP contribution in [0.15, 0.2) is 81.5 Å². The number of hydrogen-bond acceptors (Lipinski definition) is 7. The Kier molecular flexibility index (Phi) is 7.73. The van der Waals surface area contributed by atoms with E-state index in [1.807, 2.05) is 73.6 Å². The van der Waals surface area contributed by atoms with E-state index in [1.165, 1.54) is 11.8 Å². The number of methoxy groups -OCH3 is 2. The van der Waals surface area contributed by atoms with Gasteiger partial charge in [-0.1, -0.05) is 17.8 Å². The van der Waals surface area contributed by atoms with Crippen LogP contribution in [0.5, 0.6) is 17.2 Å². The molecule has 0 spiro atoms. The van der Waals surface area contributed by atoms with Crippen LogP contribution in [-0.4, -0.2) is 57.3 Å². The minimum absolute atomic E-state index is 0.233. The zero-order valence-corrected chi connectivity index (χ0v) is 21.2. The molecule has 0 atom stereocenters. The van der Waals surface area contributed by atoms with Crippen molar-refractivity contribution in [1.29, 1.82) is 0 Å². The third-order valence-corrected chi connectivity index (χ3v) is 7.03. The number of benzene rings is 2. The molecule has 7 nitrogen and oxygen atoms in total. The van der Waals surface area contributed by atoms with Crippen molar-refractivity contribution in [2.45, 2.75) is 17.7 Å². The van der Waals surface area contributed by atoms with Crippen molar-refractivity contribution in [2.75, 3.05) is 46.3 Å². The summed E-state index contributed by atoms with van der Waals surface area (Å²) < 4.78 is 16.6. The number of carbonyl (C=O) groups is 1. The van der Waals surface area contributed by atoms with Crippen molar-refractivity contribution >= 4 is 23.4 Å². The van der Waals surface area contributed by atoms with E-state index in [1.54, 1.807) is 19.1 Å². The van der Waals surface area contributed by atoms with Crippen LogP contribution >= 0.6 is 11.8 Å². The first-order valence-corrected chi connectivity index (χ1v) is 12.2. The van der Waals surface area contributed by atoms with Gasteiger partial charge in [0, 0.05) is 24.4 Å². The summed E-state index contributed by atoms with van der Waals surface area (Å²) >= 11 is 1.39. The van der Waals surface area contributed by atoms with Crippen molar-refractivity contribution in [2.24, 2.45) is 0 Å². The van der Waals surface area contributed by atoms with Gasteiger partial charge in [0.15, 0.2) is 5.76 Å². The first-order chi connectivity index (χ1) is 16.9. The van der Waals surface area contributed by atoms with Crippen LogP contribution in [0, 0.1) is 0 Å². The zero-order valence-electron chi connectivity index (χ0n) is 20.4. The first-order valence-electron chi connectivity index (χ1n) is 11.4. The van der Waals surface area contributed by atoms with Gasteiger partial charge in [-0.2, -0.15) is 0 Å². The molecule has 0 radical (unpaired) electrons. The van der Waals surface area contributed by atoms with Crippen molar-refractivity contribution in [3.8, 4) is 17.2 Å². The molecule has 2 aliphatic rings. The lowest BCUT2D eigenvalue weighted by molar-refractivity contribution is -0.117. The number of rotatable bonds is 8.